The van der Waals surface area contributed by atoms with Crippen molar-refractivity contribution in [3.05, 3.63) is 63.6 Å². The number of aliphatic carboxylic acids is 1. The molecule has 142 valence electrons. The number of carboxylic acids is 1. The van der Waals surface area contributed by atoms with Gasteiger partial charge in [-0.25, -0.2) is 9.59 Å². The molecule has 1 heterocycles. The molecule has 0 saturated carbocycles. The number of carbonyl (C=O) groups is 2. The first-order valence-electron chi connectivity index (χ1n) is 8.10. The molecule has 1 unspecified atom stereocenters. The van der Waals surface area contributed by atoms with Crippen molar-refractivity contribution in [3.63, 3.8) is 0 Å². The SMILES string of the molecule is C#CC(=O)N(c1ccc2oc(=O)n(C)c2c1)C(C)(C(=O)O)c1ccc(Cl)cc1. The van der Waals surface area contributed by atoms with E-state index < -0.39 is 23.2 Å². The van der Waals surface area contributed by atoms with Gasteiger partial charge in [-0.2, -0.15) is 0 Å². The van der Waals surface area contributed by atoms with E-state index in [9.17, 15) is 19.5 Å². The third kappa shape index (κ3) is 2.94. The van der Waals surface area contributed by atoms with Crippen LogP contribution in [-0.4, -0.2) is 21.6 Å². The van der Waals surface area contributed by atoms with Crippen LogP contribution in [0.4, 0.5) is 5.69 Å². The molecule has 0 fully saturated rings. The standard InChI is InChI=1S/C20H15ClN2O5/c1-4-17(24)23(14-9-10-16-15(11-14)22(3)19(27)28-16)20(2,18(25)26)12-5-7-13(21)8-6-12/h1,5-11H,2-3H3,(H,25,26). The lowest BCUT2D eigenvalue weighted by Crippen LogP contribution is -2.53. The number of terminal acetylenes is 1. The Kier molecular flexibility index (Phi) is 4.75. The summed E-state index contributed by atoms with van der Waals surface area (Å²) in [6, 6.07) is 10.5. The number of oxazole rings is 1. The average molecular weight is 399 g/mol. The van der Waals surface area contributed by atoms with E-state index in [0.29, 0.717) is 21.7 Å². The van der Waals surface area contributed by atoms with Gasteiger partial charge in [-0.3, -0.25) is 14.3 Å². The van der Waals surface area contributed by atoms with E-state index in [1.165, 1.54) is 61.0 Å². The van der Waals surface area contributed by atoms with Gasteiger partial charge in [0.1, 0.15) is 0 Å². The van der Waals surface area contributed by atoms with Crippen molar-refractivity contribution < 1.29 is 19.1 Å². The molecule has 0 aliphatic rings. The van der Waals surface area contributed by atoms with Crippen molar-refractivity contribution in [2.75, 3.05) is 4.90 Å². The summed E-state index contributed by atoms with van der Waals surface area (Å²) in [6.07, 6.45) is 5.33. The van der Waals surface area contributed by atoms with Crippen LogP contribution in [0.15, 0.2) is 51.7 Å². The number of carboxylic acid groups (broad SMARTS) is 1. The summed E-state index contributed by atoms with van der Waals surface area (Å²) in [7, 11) is 1.50. The molecule has 0 bridgehead atoms. The van der Waals surface area contributed by atoms with Crippen LogP contribution in [0.25, 0.3) is 11.1 Å². The highest BCUT2D eigenvalue weighted by Crippen LogP contribution is 2.35. The number of hydrogen-bond acceptors (Lipinski definition) is 4. The Morgan fingerprint density at radius 1 is 1.25 bits per heavy atom. The van der Waals surface area contributed by atoms with Gasteiger partial charge in [-0.05, 0) is 48.7 Å². The van der Waals surface area contributed by atoms with E-state index >= 15 is 0 Å². The Labute approximate surface area is 164 Å². The molecule has 1 amide bonds. The van der Waals surface area contributed by atoms with Gasteiger partial charge in [-0.1, -0.05) is 23.7 Å². The normalized spacial score (nSPS) is 12.9. The number of rotatable bonds is 4. The second-order valence-corrected chi connectivity index (χ2v) is 6.68. The molecule has 1 aromatic heterocycles. The Hall–Kier alpha value is -3.50. The largest absolute Gasteiger partial charge is 0.479 e. The molecular weight excluding hydrogens is 384 g/mol. The van der Waals surface area contributed by atoms with Gasteiger partial charge in [0.05, 0.1) is 5.52 Å². The first kappa shape index (κ1) is 19.3. The number of benzene rings is 2. The number of halogens is 1. The minimum Gasteiger partial charge on any atom is -0.479 e. The summed E-state index contributed by atoms with van der Waals surface area (Å²) in [6.45, 7) is 1.37. The molecule has 3 aromatic rings. The summed E-state index contributed by atoms with van der Waals surface area (Å²) >= 11 is 5.91. The lowest BCUT2D eigenvalue weighted by atomic mass is 9.89. The molecule has 0 radical (unpaired) electrons. The zero-order chi connectivity index (χ0) is 20.6. The predicted molar refractivity (Wildman–Crippen MR) is 104 cm³/mol. The maximum Gasteiger partial charge on any atom is 0.419 e. The number of nitrogens with zero attached hydrogens (tertiary/aromatic N) is 2. The third-order valence-electron chi connectivity index (χ3n) is 4.63. The molecule has 7 nitrogen and oxygen atoms in total. The van der Waals surface area contributed by atoms with Crippen LogP contribution >= 0.6 is 11.6 Å². The fourth-order valence-electron chi connectivity index (χ4n) is 3.02. The topological polar surface area (TPSA) is 92.8 Å². The van der Waals surface area contributed by atoms with Crippen LogP contribution in [0.5, 0.6) is 0 Å². The Morgan fingerprint density at radius 2 is 1.89 bits per heavy atom. The Balaban J connectivity index is 2.29. The van der Waals surface area contributed by atoms with Crippen molar-refractivity contribution in [1.29, 1.82) is 0 Å². The molecule has 2 aromatic carbocycles. The van der Waals surface area contributed by atoms with Crippen LogP contribution < -0.4 is 10.7 Å². The van der Waals surface area contributed by atoms with E-state index in [1.54, 1.807) is 0 Å². The van der Waals surface area contributed by atoms with Crippen molar-refractivity contribution in [3.8, 4) is 12.3 Å². The lowest BCUT2D eigenvalue weighted by molar-refractivity contribution is -0.144. The first-order chi connectivity index (χ1) is 13.2. The van der Waals surface area contributed by atoms with Gasteiger partial charge in [0.15, 0.2) is 11.1 Å². The zero-order valence-electron chi connectivity index (χ0n) is 15.0. The van der Waals surface area contributed by atoms with Gasteiger partial charge in [0.2, 0.25) is 0 Å². The molecule has 0 aliphatic heterocycles. The molecule has 0 aliphatic carbocycles. The molecule has 0 spiro atoms. The van der Waals surface area contributed by atoms with Crippen molar-refractivity contribution in [1.82, 2.24) is 4.57 Å². The molecule has 0 saturated heterocycles. The van der Waals surface area contributed by atoms with Gasteiger partial charge in [-0.15, -0.1) is 6.42 Å². The molecule has 8 heteroatoms. The van der Waals surface area contributed by atoms with Crippen LogP contribution in [0.3, 0.4) is 0 Å². The number of fused-ring (bicyclic) bond motifs is 1. The maximum atomic E-state index is 12.6. The first-order valence-corrected chi connectivity index (χ1v) is 8.47. The van der Waals surface area contributed by atoms with Gasteiger partial charge in [0, 0.05) is 17.8 Å². The van der Waals surface area contributed by atoms with Crippen LogP contribution in [0.2, 0.25) is 5.02 Å². The van der Waals surface area contributed by atoms with E-state index in [-0.39, 0.29) is 5.69 Å². The summed E-state index contributed by atoms with van der Waals surface area (Å²) in [5.41, 5.74) is -0.639. The second kappa shape index (κ2) is 6.91. The summed E-state index contributed by atoms with van der Waals surface area (Å²) < 4.78 is 6.33. The van der Waals surface area contributed by atoms with Gasteiger partial charge < -0.3 is 9.52 Å². The lowest BCUT2D eigenvalue weighted by Gasteiger charge is -2.37. The smallest absolute Gasteiger partial charge is 0.419 e. The second-order valence-electron chi connectivity index (χ2n) is 6.25. The van der Waals surface area contributed by atoms with Crippen molar-refractivity contribution >= 4 is 40.3 Å². The molecule has 3 rings (SSSR count). The minimum atomic E-state index is -1.83. The monoisotopic (exact) mass is 398 g/mol. The van der Waals surface area contributed by atoms with Crippen LogP contribution in [0.1, 0.15) is 12.5 Å². The highest BCUT2D eigenvalue weighted by atomic mass is 35.5. The number of anilines is 1. The number of aryl methyl sites for hydroxylation is 1. The maximum absolute atomic E-state index is 12.6. The number of carbonyl (C=O) groups excluding carboxylic acids is 1. The van der Waals surface area contributed by atoms with Gasteiger partial charge >= 0.3 is 17.6 Å². The quantitative estimate of drug-likeness (QED) is 0.682. The van der Waals surface area contributed by atoms with Crippen molar-refractivity contribution in [2.45, 2.75) is 12.5 Å². The zero-order valence-corrected chi connectivity index (χ0v) is 15.7. The average Bonchev–Trinajstić information content (AvgIpc) is 2.95. The Bertz CT molecular complexity index is 1190. The highest BCUT2D eigenvalue weighted by Gasteiger charge is 2.45. The van der Waals surface area contributed by atoms with Gasteiger partial charge in [0.25, 0.3) is 0 Å². The molecule has 1 atom stereocenters. The number of aromatic nitrogens is 1. The van der Waals surface area contributed by atoms with Crippen molar-refractivity contribution in [2.24, 2.45) is 7.05 Å². The summed E-state index contributed by atoms with van der Waals surface area (Å²) in [4.78, 5) is 37.7. The van der Waals surface area contributed by atoms with E-state index in [0.717, 1.165) is 4.90 Å². The van der Waals surface area contributed by atoms with Crippen LogP contribution in [0, 0.1) is 12.3 Å². The number of hydrogen-bond donors (Lipinski definition) is 1. The van der Waals surface area contributed by atoms with Crippen LogP contribution in [-0.2, 0) is 22.2 Å². The predicted octanol–water partition coefficient (Wildman–Crippen LogP) is 2.75. The number of amides is 1. The molecular formula is C20H15ClN2O5. The fourth-order valence-corrected chi connectivity index (χ4v) is 3.15. The van der Waals surface area contributed by atoms with E-state index in [1.807, 2.05) is 5.92 Å². The third-order valence-corrected chi connectivity index (χ3v) is 4.88. The van der Waals surface area contributed by atoms with E-state index in [4.69, 9.17) is 22.4 Å². The van der Waals surface area contributed by atoms with E-state index in [2.05, 4.69) is 0 Å². The fraction of sp³-hybridized carbons (Fsp3) is 0.150. The Morgan fingerprint density at radius 3 is 2.46 bits per heavy atom. The summed E-state index contributed by atoms with van der Waals surface area (Å²) in [5, 5.41) is 10.5. The molecule has 28 heavy (non-hydrogen) atoms. The highest BCUT2D eigenvalue weighted by molar-refractivity contribution is 6.30. The summed E-state index contributed by atoms with van der Waals surface area (Å²) in [5.74, 6) is -0.750. The minimum absolute atomic E-state index is 0.201. The molecule has 1 N–H and O–H groups in total.